The minimum atomic E-state index is 0.130. The standard InChI is InChI=1S/C17H23N5O2/c1-12-14(13(2)24-19-12)10-20-7-8-22-15(9-18-16(22)11-20)17(23)21-5-3-4-6-21/h9H,3-8,10-11H2,1-2H3. The van der Waals surface area contributed by atoms with E-state index in [4.69, 9.17) is 4.52 Å². The van der Waals surface area contributed by atoms with Crippen molar-refractivity contribution in [1.29, 1.82) is 0 Å². The first-order chi connectivity index (χ1) is 11.6. The average Bonchev–Trinajstić information content (AvgIpc) is 3.30. The van der Waals surface area contributed by atoms with Gasteiger partial charge in [-0.3, -0.25) is 9.69 Å². The predicted octanol–water partition coefficient (Wildman–Crippen LogP) is 1.74. The van der Waals surface area contributed by atoms with E-state index in [-0.39, 0.29) is 5.91 Å². The molecule has 0 N–H and O–H groups in total. The summed E-state index contributed by atoms with van der Waals surface area (Å²) in [7, 11) is 0. The fourth-order valence-electron chi connectivity index (χ4n) is 3.65. The van der Waals surface area contributed by atoms with E-state index in [0.717, 1.165) is 80.6 Å². The number of imidazole rings is 1. The van der Waals surface area contributed by atoms with E-state index in [1.54, 1.807) is 6.20 Å². The maximum Gasteiger partial charge on any atom is 0.272 e. The van der Waals surface area contributed by atoms with Crippen LogP contribution in [0.15, 0.2) is 10.7 Å². The van der Waals surface area contributed by atoms with Gasteiger partial charge in [-0.2, -0.15) is 0 Å². The molecule has 2 aromatic rings. The van der Waals surface area contributed by atoms with E-state index >= 15 is 0 Å². The largest absolute Gasteiger partial charge is 0.361 e. The monoisotopic (exact) mass is 329 g/mol. The molecular weight excluding hydrogens is 306 g/mol. The lowest BCUT2D eigenvalue weighted by molar-refractivity contribution is 0.0777. The molecule has 1 amide bonds. The second-order valence-electron chi connectivity index (χ2n) is 6.72. The van der Waals surface area contributed by atoms with Crippen molar-refractivity contribution in [2.24, 2.45) is 0 Å². The highest BCUT2D eigenvalue weighted by atomic mass is 16.5. The molecule has 0 spiro atoms. The van der Waals surface area contributed by atoms with Crippen LogP contribution in [0.1, 0.15) is 46.2 Å². The van der Waals surface area contributed by atoms with Gasteiger partial charge in [0.2, 0.25) is 0 Å². The maximum absolute atomic E-state index is 12.6. The molecule has 0 radical (unpaired) electrons. The van der Waals surface area contributed by atoms with Crippen LogP contribution in [0, 0.1) is 13.8 Å². The molecule has 2 aliphatic rings. The van der Waals surface area contributed by atoms with Gasteiger partial charge >= 0.3 is 0 Å². The molecule has 0 atom stereocenters. The molecule has 0 saturated carbocycles. The Balaban J connectivity index is 1.49. The summed E-state index contributed by atoms with van der Waals surface area (Å²) in [6, 6.07) is 0. The van der Waals surface area contributed by atoms with Crippen LogP contribution in [0.3, 0.4) is 0 Å². The third kappa shape index (κ3) is 2.62. The molecule has 4 heterocycles. The molecule has 0 unspecified atom stereocenters. The van der Waals surface area contributed by atoms with Crippen molar-refractivity contribution in [2.45, 2.75) is 46.3 Å². The Morgan fingerprint density at radius 2 is 2.00 bits per heavy atom. The Morgan fingerprint density at radius 1 is 1.21 bits per heavy atom. The smallest absolute Gasteiger partial charge is 0.272 e. The molecule has 7 heteroatoms. The lowest BCUT2D eigenvalue weighted by Crippen LogP contribution is -2.36. The normalized spacial score (nSPS) is 18.2. The number of carbonyl (C=O) groups is 1. The molecular formula is C17H23N5O2. The molecule has 128 valence electrons. The number of hydrogen-bond acceptors (Lipinski definition) is 5. The van der Waals surface area contributed by atoms with Gasteiger partial charge in [0, 0.05) is 38.3 Å². The number of amides is 1. The molecule has 7 nitrogen and oxygen atoms in total. The van der Waals surface area contributed by atoms with Gasteiger partial charge < -0.3 is 14.0 Å². The molecule has 4 rings (SSSR count). The Bertz CT molecular complexity index is 738. The van der Waals surface area contributed by atoms with Crippen molar-refractivity contribution >= 4 is 5.91 Å². The summed E-state index contributed by atoms with van der Waals surface area (Å²) in [5, 5.41) is 4.02. The summed E-state index contributed by atoms with van der Waals surface area (Å²) in [5.74, 6) is 1.98. The molecule has 24 heavy (non-hydrogen) atoms. The third-order valence-corrected chi connectivity index (χ3v) is 5.12. The lowest BCUT2D eigenvalue weighted by Gasteiger charge is -2.28. The first kappa shape index (κ1) is 15.4. The van der Waals surface area contributed by atoms with E-state index in [1.807, 2.05) is 18.7 Å². The Morgan fingerprint density at radius 3 is 2.71 bits per heavy atom. The van der Waals surface area contributed by atoms with E-state index in [2.05, 4.69) is 19.6 Å². The molecule has 2 aromatic heterocycles. The van der Waals surface area contributed by atoms with Crippen LogP contribution in [0.5, 0.6) is 0 Å². The Labute approximate surface area is 141 Å². The minimum Gasteiger partial charge on any atom is -0.361 e. The van der Waals surface area contributed by atoms with Crippen LogP contribution in [0.4, 0.5) is 0 Å². The molecule has 1 saturated heterocycles. The molecule has 0 aliphatic carbocycles. The van der Waals surface area contributed by atoms with Crippen molar-refractivity contribution in [3.05, 3.63) is 34.7 Å². The van der Waals surface area contributed by atoms with Crippen molar-refractivity contribution in [1.82, 2.24) is 24.5 Å². The van der Waals surface area contributed by atoms with Gasteiger partial charge in [0.1, 0.15) is 17.3 Å². The Kier molecular flexibility index (Phi) is 3.88. The summed E-state index contributed by atoms with van der Waals surface area (Å²) in [4.78, 5) is 21.4. The lowest BCUT2D eigenvalue weighted by atomic mass is 10.2. The second kappa shape index (κ2) is 6.05. The number of nitrogens with zero attached hydrogens (tertiary/aromatic N) is 5. The van der Waals surface area contributed by atoms with Crippen LogP contribution in [0.25, 0.3) is 0 Å². The number of fused-ring (bicyclic) bond motifs is 1. The fraction of sp³-hybridized carbons (Fsp3) is 0.588. The highest BCUT2D eigenvalue weighted by Gasteiger charge is 2.27. The summed E-state index contributed by atoms with van der Waals surface area (Å²) in [5.41, 5.74) is 2.85. The van der Waals surface area contributed by atoms with Crippen LogP contribution in [-0.4, -0.2) is 50.0 Å². The number of aryl methyl sites for hydroxylation is 2. The van der Waals surface area contributed by atoms with Gasteiger partial charge in [0.15, 0.2) is 0 Å². The van der Waals surface area contributed by atoms with Gasteiger partial charge in [-0.15, -0.1) is 0 Å². The molecule has 1 fully saturated rings. The fourth-order valence-corrected chi connectivity index (χ4v) is 3.65. The van der Waals surface area contributed by atoms with Crippen LogP contribution in [0.2, 0.25) is 0 Å². The third-order valence-electron chi connectivity index (χ3n) is 5.12. The molecule has 0 aromatic carbocycles. The Hall–Kier alpha value is -2.15. The summed E-state index contributed by atoms with van der Waals surface area (Å²) < 4.78 is 7.34. The summed E-state index contributed by atoms with van der Waals surface area (Å²) >= 11 is 0. The van der Waals surface area contributed by atoms with Crippen LogP contribution in [-0.2, 0) is 19.6 Å². The minimum absolute atomic E-state index is 0.130. The van der Waals surface area contributed by atoms with Crippen molar-refractivity contribution in [3.63, 3.8) is 0 Å². The van der Waals surface area contributed by atoms with E-state index in [0.29, 0.717) is 0 Å². The quantitative estimate of drug-likeness (QED) is 0.858. The van der Waals surface area contributed by atoms with E-state index in [1.165, 1.54) is 0 Å². The molecule has 0 bridgehead atoms. The van der Waals surface area contributed by atoms with Gasteiger partial charge in [-0.25, -0.2) is 4.98 Å². The number of aromatic nitrogens is 3. The zero-order chi connectivity index (χ0) is 16.7. The van der Waals surface area contributed by atoms with E-state index < -0.39 is 0 Å². The first-order valence-corrected chi connectivity index (χ1v) is 8.61. The first-order valence-electron chi connectivity index (χ1n) is 8.61. The number of rotatable bonds is 3. The highest BCUT2D eigenvalue weighted by molar-refractivity contribution is 5.92. The van der Waals surface area contributed by atoms with Crippen molar-refractivity contribution < 1.29 is 9.32 Å². The predicted molar refractivity (Wildman–Crippen MR) is 87.5 cm³/mol. The van der Waals surface area contributed by atoms with Crippen molar-refractivity contribution in [2.75, 3.05) is 19.6 Å². The zero-order valence-corrected chi connectivity index (χ0v) is 14.3. The SMILES string of the molecule is Cc1noc(C)c1CN1CCn2c(C(=O)N3CCCC3)cnc2C1. The van der Waals surface area contributed by atoms with Crippen LogP contribution < -0.4 is 0 Å². The van der Waals surface area contributed by atoms with Gasteiger partial charge in [0.25, 0.3) is 5.91 Å². The van der Waals surface area contributed by atoms with Gasteiger partial charge in [-0.05, 0) is 26.7 Å². The van der Waals surface area contributed by atoms with Gasteiger partial charge in [-0.1, -0.05) is 5.16 Å². The number of carbonyl (C=O) groups excluding carboxylic acids is 1. The van der Waals surface area contributed by atoms with E-state index in [9.17, 15) is 4.79 Å². The summed E-state index contributed by atoms with van der Waals surface area (Å²) in [6.45, 7) is 8.92. The van der Waals surface area contributed by atoms with Crippen molar-refractivity contribution in [3.8, 4) is 0 Å². The topological polar surface area (TPSA) is 67.4 Å². The molecule has 2 aliphatic heterocycles. The van der Waals surface area contributed by atoms with Crippen LogP contribution >= 0.6 is 0 Å². The average molecular weight is 329 g/mol. The van der Waals surface area contributed by atoms with Gasteiger partial charge in [0.05, 0.1) is 18.4 Å². The number of likely N-dealkylation sites (tertiary alicyclic amines) is 1. The zero-order valence-electron chi connectivity index (χ0n) is 14.3. The maximum atomic E-state index is 12.6. The summed E-state index contributed by atoms with van der Waals surface area (Å²) in [6.07, 6.45) is 3.96. The highest BCUT2D eigenvalue weighted by Crippen LogP contribution is 2.21. The second-order valence-corrected chi connectivity index (χ2v) is 6.72. The number of hydrogen-bond donors (Lipinski definition) is 0.